The predicted octanol–water partition coefficient (Wildman–Crippen LogP) is -0.550. The fraction of sp³-hybridized carbons (Fsp3) is 0.833. The molecular formula is C12H20N2O6S. The molecule has 0 aliphatic carbocycles. The van der Waals surface area contributed by atoms with Crippen molar-refractivity contribution in [2.45, 2.75) is 24.8 Å². The Bertz CT molecular complexity index is 512. The Morgan fingerprint density at radius 3 is 2.43 bits per heavy atom. The summed E-state index contributed by atoms with van der Waals surface area (Å²) < 4.78 is 28.2. The molecule has 21 heavy (non-hydrogen) atoms. The summed E-state index contributed by atoms with van der Waals surface area (Å²) in [6.07, 6.45) is 0.791. The number of aliphatic carboxylic acids is 1. The zero-order chi connectivity index (χ0) is 15.5. The van der Waals surface area contributed by atoms with Gasteiger partial charge in [-0.05, 0) is 6.42 Å². The summed E-state index contributed by atoms with van der Waals surface area (Å²) in [5, 5.41) is 12.0. The summed E-state index contributed by atoms with van der Waals surface area (Å²) in [4.78, 5) is 25.1. The lowest BCUT2D eigenvalue weighted by Crippen LogP contribution is -2.60. The summed E-state index contributed by atoms with van der Waals surface area (Å²) in [5.74, 6) is -1.10. The molecule has 0 aromatic carbocycles. The van der Waals surface area contributed by atoms with Crippen molar-refractivity contribution in [1.82, 2.24) is 10.2 Å². The average molecular weight is 320 g/mol. The van der Waals surface area contributed by atoms with E-state index in [4.69, 9.17) is 4.74 Å². The highest BCUT2D eigenvalue weighted by Gasteiger charge is 2.42. The molecule has 2 heterocycles. The number of sulfone groups is 1. The standard InChI is InChI=1S/C12H20N2O6S/c15-10(16)12(2-6-20-7-3-12)13-11(17)14-4-1-8-21(18,19)9-5-14/h1-9H2,(H,13,17)(H,15,16). The van der Waals surface area contributed by atoms with Crippen LogP contribution in [-0.2, 0) is 19.4 Å². The van der Waals surface area contributed by atoms with Crippen molar-refractivity contribution in [1.29, 1.82) is 0 Å². The minimum Gasteiger partial charge on any atom is -0.480 e. The Hall–Kier alpha value is -1.35. The third-order valence-corrected chi connectivity index (χ3v) is 5.66. The van der Waals surface area contributed by atoms with E-state index in [9.17, 15) is 23.1 Å². The first-order valence-electron chi connectivity index (χ1n) is 6.93. The Morgan fingerprint density at radius 1 is 1.14 bits per heavy atom. The van der Waals surface area contributed by atoms with Crippen LogP contribution in [0.5, 0.6) is 0 Å². The number of ether oxygens (including phenoxy) is 1. The van der Waals surface area contributed by atoms with Crippen molar-refractivity contribution < 1.29 is 27.9 Å². The van der Waals surface area contributed by atoms with E-state index in [-0.39, 0.29) is 44.1 Å². The summed E-state index contributed by atoms with van der Waals surface area (Å²) in [5.41, 5.74) is -1.32. The van der Waals surface area contributed by atoms with Gasteiger partial charge in [-0.2, -0.15) is 0 Å². The molecule has 8 nitrogen and oxygen atoms in total. The molecular weight excluding hydrogens is 300 g/mol. The first-order valence-corrected chi connectivity index (χ1v) is 8.75. The van der Waals surface area contributed by atoms with Gasteiger partial charge in [0.1, 0.15) is 5.54 Å². The van der Waals surface area contributed by atoms with Crippen molar-refractivity contribution in [3.63, 3.8) is 0 Å². The zero-order valence-corrected chi connectivity index (χ0v) is 12.5. The number of rotatable bonds is 2. The quantitative estimate of drug-likeness (QED) is 0.706. The first-order chi connectivity index (χ1) is 9.85. The number of urea groups is 1. The number of carboxylic acid groups (broad SMARTS) is 1. The zero-order valence-electron chi connectivity index (χ0n) is 11.7. The minimum absolute atomic E-state index is 0.0642. The fourth-order valence-corrected chi connectivity index (χ4v) is 3.81. The molecule has 2 amide bonds. The normalized spacial score (nSPS) is 24.9. The van der Waals surface area contributed by atoms with Crippen LogP contribution in [0.2, 0.25) is 0 Å². The van der Waals surface area contributed by atoms with Crippen LogP contribution in [0, 0.1) is 0 Å². The van der Waals surface area contributed by atoms with Crippen LogP contribution in [0.25, 0.3) is 0 Å². The second kappa shape index (κ2) is 6.18. The van der Waals surface area contributed by atoms with Gasteiger partial charge in [-0.25, -0.2) is 18.0 Å². The number of amides is 2. The van der Waals surface area contributed by atoms with E-state index in [0.29, 0.717) is 13.0 Å². The van der Waals surface area contributed by atoms with E-state index in [1.165, 1.54) is 4.90 Å². The monoisotopic (exact) mass is 320 g/mol. The molecule has 0 atom stereocenters. The highest BCUT2D eigenvalue weighted by Crippen LogP contribution is 2.21. The predicted molar refractivity (Wildman–Crippen MR) is 73.8 cm³/mol. The summed E-state index contributed by atoms with van der Waals surface area (Å²) in [6, 6.07) is -0.517. The van der Waals surface area contributed by atoms with Crippen molar-refractivity contribution in [2.24, 2.45) is 0 Å². The van der Waals surface area contributed by atoms with Crippen LogP contribution in [0.3, 0.4) is 0 Å². The number of nitrogens with one attached hydrogen (secondary N) is 1. The molecule has 9 heteroatoms. The number of hydrogen-bond acceptors (Lipinski definition) is 5. The average Bonchev–Trinajstić information content (AvgIpc) is 2.60. The van der Waals surface area contributed by atoms with Gasteiger partial charge in [0.2, 0.25) is 0 Å². The number of nitrogens with zero attached hydrogens (tertiary/aromatic N) is 1. The van der Waals surface area contributed by atoms with Gasteiger partial charge >= 0.3 is 12.0 Å². The van der Waals surface area contributed by atoms with E-state index < -0.39 is 27.4 Å². The van der Waals surface area contributed by atoms with Crippen molar-refractivity contribution in [3.8, 4) is 0 Å². The summed E-state index contributed by atoms with van der Waals surface area (Å²) >= 11 is 0. The van der Waals surface area contributed by atoms with Gasteiger partial charge in [-0.3, -0.25) is 0 Å². The molecule has 0 aromatic heterocycles. The van der Waals surface area contributed by atoms with Crippen LogP contribution in [-0.4, -0.2) is 73.8 Å². The van der Waals surface area contributed by atoms with E-state index in [1.54, 1.807) is 0 Å². The number of carboxylic acids is 1. The van der Waals surface area contributed by atoms with Crippen molar-refractivity contribution in [3.05, 3.63) is 0 Å². The van der Waals surface area contributed by atoms with Gasteiger partial charge < -0.3 is 20.1 Å². The maximum absolute atomic E-state index is 12.3. The van der Waals surface area contributed by atoms with Crippen LogP contribution in [0.1, 0.15) is 19.3 Å². The SMILES string of the molecule is O=C(NC1(C(=O)O)CCOCC1)N1CCCS(=O)(=O)CC1. The smallest absolute Gasteiger partial charge is 0.329 e. The molecule has 2 aliphatic heterocycles. The molecule has 0 spiro atoms. The van der Waals surface area contributed by atoms with Gasteiger partial charge in [0.15, 0.2) is 9.84 Å². The second-order valence-corrected chi connectivity index (χ2v) is 7.73. The highest BCUT2D eigenvalue weighted by molar-refractivity contribution is 7.91. The van der Waals surface area contributed by atoms with Crippen LogP contribution in [0.15, 0.2) is 0 Å². The fourth-order valence-electron chi connectivity index (χ4n) is 2.54. The van der Waals surface area contributed by atoms with E-state index in [1.807, 2.05) is 0 Å². The molecule has 2 saturated heterocycles. The maximum Gasteiger partial charge on any atom is 0.329 e. The van der Waals surface area contributed by atoms with Crippen LogP contribution in [0.4, 0.5) is 4.79 Å². The number of carbonyl (C=O) groups is 2. The number of carbonyl (C=O) groups excluding carboxylic acids is 1. The van der Waals surface area contributed by atoms with Crippen molar-refractivity contribution in [2.75, 3.05) is 37.8 Å². The third kappa shape index (κ3) is 3.85. The van der Waals surface area contributed by atoms with Gasteiger partial charge in [-0.1, -0.05) is 0 Å². The molecule has 0 bridgehead atoms. The topological polar surface area (TPSA) is 113 Å². The van der Waals surface area contributed by atoms with Gasteiger partial charge in [-0.15, -0.1) is 0 Å². The second-order valence-electron chi connectivity index (χ2n) is 5.42. The lowest BCUT2D eigenvalue weighted by Gasteiger charge is -2.35. The molecule has 2 fully saturated rings. The molecule has 0 aromatic rings. The summed E-state index contributed by atoms with van der Waals surface area (Å²) in [7, 11) is -3.11. The van der Waals surface area contributed by atoms with Crippen molar-refractivity contribution >= 4 is 21.8 Å². The Kier molecular flexibility index (Phi) is 4.72. The molecule has 0 radical (unpaired) electrons. The first kappa shape index (κ1) is 16.0. The van der Waals surface area contributed by atoms with Crippen LogP contribution >= 0.6 is 0 Å². The molecule has 0 saturated carbocycles. The third-order valence-electron chi connectivity index (χ3n) is 3.94. The molecule has 2 aliphatic rings. The lowest BCUT2D eigenvalue weighted by molar-refractivity contribution is -0.148. The molecule has 120 valence electrons. The van der Waals surface area contributed by atoms with E-state index in [2.05, 4.69) is 5.32 Å². The van der Waals surface area contributed by atoms with Gasteiger partial charge in [0.05, 0.1) is 11.5 Å². The minimum atomic E-state index is -3.11. The summed E-state index contributed by atoms with van der Waals surface area (Å²) in [6.45, 7) is 0.972. The lowest BCUT2D eigenvalue weighted by atomic mass is 9.90. The van der Waals surface area contributed by atoms with Crippen LogP contribution < -0.4 is 5.32 Å². The Labute approximate surface area is 123 Å². The maximum atomic E-state index is 12.3. The molecule has 2 N–H and O–H groups in total. The van der Waals surface area contributed by atoms with Gasteiger partial charge in [0.25, 0.3) is 0 Å². The van der Waals surface area contributed by atoms with E-state index in [0.717, 1.165) is 0 Å². The Morgan fingerprint density at radius 2 is 1.81 bits per heavy atom. The highest BCUT2D eigenvalue weighted by atomic mass is 32.2. The molecule has 0 unspecified atom stereocenters. The largest absolute Gasteiger partial charge is 0.480 e. The Balaban J connectivity index is 2.03. The number of hydrogen-bond donors (Lipinski definition) is 2. The molecule has 2 rings (SSSR count). The van der Waals surface area contributed by atoms with E-state index >= 15 is 0 Å². The van der Waals surface area contributed by atoms with Gasteiger partial charge in [0, 0.05) is 39.1 Å².